The van der Waals surface area contributed by atoms with Gasteiger partial charge >= 0.3 is 239 Å². The molecule has 14 atom stereocenters. The van der Waals surface area contributed by atoms with Gasteiger partial charge in [0.25, 0.3) is 0 Å². The van der Waals surface area contributed by atoms with Crippen molar-refractivity contribution in [2.45, 2.75) is 97.6 Å². The van der Waals surface area contributed by atoms with Crippen LogP contribution in [0.1, 0.15) is 18.3 Å². The first-order chi connectivity index (χ1) is 25.3. The molecule has 6 heterocycles. The van der Waals surface area contributed by atoms with E-state index in [-0.39, 0.29) is 26.4 Å². The first-order valence-electron chi connectivity index (χ1n) is 16.5. The van der Waals surface area contributed by atoms with Crippen LogP contribution in [0.2, 0.25) is 0 Å². The number of aliphatic hydroxyl groups excluding tert-OH is 8. The number of hydrogen-bond donors (Lipinski definition) is 9. The van der Waals surface area contributed by atoms with Crippen molar-refractivity contribution in [3.63, 3.8) is 0 Å². The average molecular weight is 892 g/mol. The first kappa shape index (κ1) is 40.7. The summed E-state index contributed by atoms with van der Waals surface area (Å²) in [5, 5.41) is 101. The topological polar surface area (TPSA) is 308 Å². The molecule has 4 aliphatic rings. The van der Waals surface area contributed by atoms with Crippen molar-refractivity contribution in [2.24, 2.45) is 13.0 Å². The summed E-state index contributed by atoms with van der Waals surface area (Å²) in [6.45, 7) is 1.21. The van der Waals surface area contributed by atoms with E-state index in [0.717, 1.165) is 0 Å². The van der Waals surface area contributed by atoms with Gasteiger partial charge < -0.3 is 20.1 Å². The van der Waals surface area contributed by atoms with Crippen molar-refractivity contribution >= 4 is 11.6 Å². The van der Waals surface area contributed by atoms with Crippen molar-refractivity contribution in [3.8, 4) is 0 Å². The molecule has 3 fully saturated rings. The van der Waals surface area contributed by atoms with Crippen LogP contribution in [0.15, 0.2) is 24.3 Å². The Hall–Kier alpha value is -1.96. The van der Waals surface area contributed by atoms with Crippen LogP contribution >= 0.6 is 11.6 Å². The molecule has 0 bridgehead atoms. The molecule has 0 radical (unpaired) electrons. The van der Waals surface area contributed by atoms with E-state index in [1.165, 1.54) is 12.6 Å². The summed E-state index contributed by atoms with van der Waals surface area (Å²) in [5.74, 6) is -3.07. The minimum atomic E-state index is -2.00. The number of hydrogen-bond acceptors (Lipinski definition) is 20. The summed E-state index contributed by atoms with van der Waals surface area (Å²) < 4.78 is 36.4. The molecular weight excluding hydrogens is 849 g/mol. The van der Waals surface area contributed by atoms with Gasteiger partial charge in [-0.3, -0.25) is 4.68 Å². The van der Waals surface area contributed by atoms with Crippen LogP contribution in [0.3, 0.4) is 0 Å². The molecule has 23 nitrogen and oxygen atoms in total. The van der Waals surface area contributed by atoms with Crippen molar-refractivity contribution in [1.82, 2.24) is 38.7 Å². The number of aliphatic hydroxyl groups is 8. The fraction of sp³-hybridized carbons (Fsp3) is 0.786. The quantitative estimate of drug-likeness (QED) is 0.0593. The van der Waals surface area contributed by atoms with Gasteiger partial charge in [0.05, 0.1) is 12.8 Å². The Morgan fingerprint density at radius 1 is 0.906 bits per heavy atom. The molecule has 0 spiro atoms. The minimum absolute atomic E-state index is 0.0272. The molecule has 3 unspecified atom stereocenters. The number of aryl methyl sites for hydroxylation is 1. The summed E-state index contributed by atoms with van der Waals surface area (Å²) in [5.41, 5.74) is 8.36. The number of ether oxygens (including phenoxy) is 6. The van der Waals surface area contributed by atoms with Crippen LogP contribution in [0.4, 0.5) is 0 Å². The van der Waals surface area contributed by atoms with E-state index in [1.54, 1.807) is 32.6 Å². The maximum absolute atomic E-state index is 10.9. The molecule has 0 saturated carbocycles. The van der Waals surface area contributed by atoms with Gasteiger partial charge in [0.2, 0.25) is 0 Å². The second-order valence-electron chi connectivity index (χ2n) is 12.9. The van der Waals surface area contributed by atoms with Crippen LogP contribution in [0, 0.1) is 5.92 Å². The molecule has 0 amide bonds. The van der Waals surface area contributed by atoms with Gasteiger partial charge in [-0.2, -0.15) is 0 Å². The average Bonchev–Trinajstić information content (AvgIpc) is 3.94. The van der Waals surface area contributed by atoms with Crippen LogP contribution in [-0.2, 0) is 48.7 Å². The number of halogens is 2. The molecule has 2 aromatic heterocycles. The van der Waals surface area contributed by atoms with Crippen molar-refractivity contribution < 1.29 is 90.8 Å². The van der Waals surface area contributed by atoms with Crippen LogP contribution in [0.25, 0.3) is 5.43 Å². The van der Waals surface area contributed by atoms with Gasteiger partial charge in [-0.1, -0.05) is 5.21 Å². The van der Waals surface area contributed by atoms with Crippen LogP contribution < -0.4 is 27.0 Å². The summed E-state index contributed by atoms with van der Waals surface area (Å²) >= 11 is 4.82. The van der Waals surface area contributed by atoms with Gasteiger partial charge in [-0.05, 0) is 0 Å². The van der Waals surface area contributed by atoms with E-state index in [4.69, 9.17) is 40.0 Å². The zero-order chi connectivity index (χ0) is 38.0. The Morgan fingerprint density at radius 2 is 1.62 bits per heavy atom. The maximum atomic E-state index is 10.9. The monoisotopic (exact) mass is 891 g/mol. The molecule has 300 valence electrons. The van der Waals surface area contributed by atoms with Crippen molar-refractivity contribution in [3.05, 3.63) is 41.1 Å². The van der Waals surface area contributed by atoms with Gasteiger partial charge in [0.15, 0.2) is 6.29 Å². The summed E-state index contributed by atoms with van der Waals surface area (Å²) in [6, 6.07) is 0. The molecule has 9 N–H and O–H groups in total. The van der Waals surface area contributed by atoms with E-state index >= 15 is 0 Å². The fourth-order valence-electron chi connectivity index (χ4n) is 5.93. The van der Waals surface area contributed by atoms with Crippen LogP contribution in [0.5, 0.6) is 0 Å². The molecule has 0 aliphatic carbocycles. The molecular formula is C28H43ClIN9O14-2. The van der Waals surface area contributed by atoms with Crippen molar-refractivity contribution in [2.75, 3.05) is 25.6 Å². The molecule has 25 heteroatoms. The van der Waals surface area contributed by atoms with Gasteiger partial charge in [-0.15, -0.1) is 5.10 Å². The molecule has 6 rings (SSSR count). The van der Waals surface area contributed by atoms with Gasteiger partial charge in [0, 0.05) is 7.05 Å². The molecule has 4 aliphatic heterocycles. The number of nitrogens with one attached hydrogen (secondary N) is 1. The Kier molecular flexibility index (Phi) is 13.4. The van der Waals surface area contributed by atoms with Gasteiger partial charge in [-0.25, -0.2) is 0 Å². The Labute approximate surface area is 317 Å². The van der Waals surface area contributed by atoms with Crippen LogP contribution in [-0.4, -0.2) is 177 Å². The molecule has 53 heavy (non-hydrogen) atoms. The van der Waals surface area contributed by atoms with E-state index in [0.29, 0.717) is 17.1 Å². The number of aromatic nitrogens is 6. The Balaban J connectivity index is 0.967. The Bertz CT molecular complexity index is 1530. The third kappa shape index (κ3) is 9.04. The number of alkyl halides is 2. The molecule has 2 aromatic rings. The summed E-state index contributed by atoms with van der Waals surface area (Å²) in [4.78, 5) is 0. The fourth-order valence-corrected chi connectivity index (χ4v) is 8.73. The second kappa shape index (κ2) is 17.5. The second-order valence-corrected chi connectivity index (χ2v) is 16.0. The third-order valence-electron chi connectivity index (χ3n) is 9.03. The molecule has 3 saturated heterocycles. The molecule has 0 aromatic carbocycles. The van der Waals surface area contributed by atoms with Crippen molar-refractivity contribution in [1.29, 1.82) is 0 Å². The Morgan fingerprint density at radius 3 is 2.34 bits per heavy atom. The SMILES string of the molecule is C[C@@H]1[C@H](O)[C@@H](O)[C@@H](OC2(CCl)OC([I-]n3cc(COCC4=CN(C[C@H]5O[C@@H](OCc6cn(C)nn6)[C@@H](O)[C@@H](O)C5O)N[N-]4)nn3)[C@@H](O)[C@@H]2O)O[C@@H]1CO. The predicted octanol–water partition coefficient (Wildman–Crippen LogP) is -8.15. The standard InChI is InChI=1S/C28H43ClIN9O14/c1-12-17(7-40)51-27(21(44)18(12)41)53-28(11-29)24(47)23(46)25(52-28)30-39-5-15(33-36-39)9-48-8-14-4-38(35-32-14)6-16-19(42)20(43)22(45)26(50-16)49-10-13-3-37(2)34-31-13/h3-5,12,16-27,35,40-47H,6-11H2,1-2H3/q-2/t12-,16+,17+,18-,19?,20-,21+,22-,23-,24-,25?,26+,27+,28?/m0/s1. The third-order valence-corrected chi connectivity index (χ3v) is 12.0. The first-order valence-corrected chi connectivity index (χ1v) is 19.2. The predicted molar refractivity (Wildman–Crippen MR) is 167 cm³/mol. The summed E-state index contributed by atoms with van der Waals surface area (Å²) in [6.07, 6.45) is -10.2. The van der Waals surface area contributed by atoms with E-state index in [2.05, 4.69) is 31.6 Å². The van der Waals surface area contributed by atoms with E-state index in [1.807, 2.05) is 0 Å². The number of hydrazine groups is 1. The number of nitrogens with zero attached hydrogens (tertiary/aromatic N) is 8. The van der Waals surface area contributed by atoms with Gasteiger partial charge in [0.1, 0.15) is 17.9 Å². The normalized spacial score (nSPS) is 39.1. The zero-order valence-electron chi connectivity index (χ0n) is 28.3. The summed E-state index contributed by atoms with van der Waals surface area (Å²) in [7, 11) is 1.69. The van der Waals surface area contributed by atoms with E-state index in [9.17, 15) is 40.9 Å². The zero-order valence-corrected chi connectivity index (χ0v) is 31.3. The number of rotatable bonds is 15. The van der Waals surface area contributed by atoms with E-state index < -0.39 is 117 Å².